The van der Waals surface area contributed by atoms with Gasteiger partial charge in [0.25, 0.3) is 5.95 Å². The molecule has 3 saturated heterocycles. The summed E-state index contributed by atoms with van der Waals surface area (Å²) in [6.07, 6.45) is -1.49. The quantitative estimate of drug-likeness (QED) is 0.198. The highest BCUT2D eigenvalue weighted by Crippen LogP contribution is 2.70. The highest BCUT2D eigenvalue weighted by atomic mass is 16.7. The second-order valence-electron chi connectivity index (χ2n) is 18.7. The molecule has 0 aromatic carbocycles. The van der Waals surface area contributed by atoms with Crippen LogP contribution >= 0.6 is 0 Å². The molecular formula is C41H64O14. The lowest BCUT2D eigenvalue weighted by atomic mass is 9.42. The summed E-state index contributed by atoms with van der Waals surface area (Å²) in [5.74, 6) is 0.389. The third kappa shape index (κ3) is 6.91. The molecule has 3 aliphatic heterocycles. The molecule has 14 heteroatoms. The highest BCUT2D eigenvalue weighted by molar-refractivity contribution is 5.31. The van der Waals surface area contributed by atoms with Gasteiger partial charge in [-0.1, -0.05) is 13.8 Å². The summed E-state index contributed by atoms with van der Waals surface area (Å²) in [7, 11) is 0. The Morgan fingerprint density at radius 1 is 0.673 bits per heavy atom. The second kappa shape index (κ2) is 15.0. The first-order valence-electron chi connectivity index (χ1n) is 20.8. The van der Waals surface area contributed by atoms with E-state index in [4.69, 9.17) is 32.8 Å². The number of fused-ring (bicyclic) bond motifs is 5. The van der Waals surface area contributed by atoms with Crippen LogP contribution in [0.5, 0.6) is 5.95 Å². The van der Waals surface area contributed by atoms with Crippen LogP contribution in [0.15, 0.2) is 16.7 Å². The lowest BCUT2D eigenvalue weighted by molar-refractivity contribution is -0.336. The third-order valence-electron chi connectivity index (χ3n) is 15.8. The molecule has 55 heavy (non-hydrogen) atoms. The Kier molecular flexibility index (Phi) is 11.0. The molecule has 4 saturated carbocycles. The average Bonchev–Trinajstić information content (AvgIpc) is 3.67. The molecule has 0 bridgehead atoms. The van der Waals surface area contributed by atoms with Crippen molar-refractivity contribution in [3.63, 3.8) is 0 Å². The summed E-state index contributed by atoms with van der Waals surface area (Å²) in [6, 6.07) is 1.63. The molecule has 21 atom stereocenters. The van der Waals surface area contributed by atoms with Crippen LogP contribution in [0.4, 0.5) is 0 Å². The molecule has 7 N–H and O–H groups in total. The first-order chi connectivity index (χ1) is 26.0. The molecule has 0 unspecified atom stereocenters. The second-order valence-corrected chi connectivity index (χ2v) is 18.7. The Bertz CT molecular complexity index is 1460. The Morgan fingerprint density at radius 3 is 1.85 bits per heavy atom. The molecule has 312 valence electrons. The number of aliphatic hydroxyl groups is 6. The fraction of sp³-hybridized carbons (Fsp3) is 0.902. The van der Waals surface area contributed by atoms with Gasteiger partial charge in [0.1, 0.15) is 18.3 Å². The maximum Gasteiger partial charge on any atom is 0.281 e. The van der Waals surface area contributed by atoms with Gasteiger partial charge < -0.3 is 68.6 Å². The Hall–Kier alpha value is -1.40. The monoisotopic (exact) mass is 780 g/mol. The maximum absolute atomic E-state index is 12.6. The molecular weight excluding hydrogens is 716 g/mol. The number of aromatic hydroxyl groups is 1. The van der Waals surface area contributed by atoms with Crippen LogP contribution in [-0.2, 0) is 28.4 Å². The zero-order valence-corrected chi connectivity index (χ0v) is 32.8. The average molecular weight is 781 g/mol. The van der Waals surface area contributed by atoms with Gasteiger partial charge in [0.15, 0.2) is 18.9 Å². The van der Waals surface area contributed by atoms with Crippen molar-refractivity contribution in [1.82, 2.24) is 0 Å². The van der Waals surface area contributed by atoms with Gasteiger partial charge in [0.2, 0.25) is 0 Å². The van der Waals surface area contributed by atoms with Gasteiger partial charge in [-0.05, 0) is 107 Å². The predicted molar refractivity (Wildman–Crippen MR) is 193 cm³/mol. The Balaban J connectivity index is 0.839. The van der Waals surface area contributed by atoms with Crippen molar-refractivity contribution in [3.05, 3.63) is 17.9 Å². The standard InChI is InChI=1S/C41H64O14/c1-19-36(47)28(42)15-34(50-19)54-38-21(3)52-35(17-30(38)44)55-37-20(2)51-33(16-29(37)43)53-24-8-10-39(4)23(13-24)6-7-26-27(39)14-31(45)40(5)25(9-11-41(26,40)48)22-12-32(46)49-18-22/h12,18-21,23-31,33-38,42-48H,6-11,13-17H2,1-5H3/t19-,20-,21-,23-,24+,25-,26-,27+,28+,29+,30+,31-,33+,34+,35+,36-,37-,38-,39+,40+,41+/m1/s1. The lowest BCUT2D eigenvalue weighted by Crippen LogP contribution is -2.66. The van der Waals surface area contributed by atoms with E-state index in [0.717, 1.165) is 44.1 Å². The molecule has 0 spiro atoms. The highest BCUT2D eigenvalue weighted by Gasteiger charge is 2.70. The smallest absolute Gasteiger partial charge is 0.281 e. The lowest BCUT2D eigenvalue weighted by Gasteiger charge is -2.65. The summed E-state index contributed by atoms with van der Waals surface area (Å²) in [5, 5.41) is 76.8. The Morgan fingerprint density at radius 2 is 1.27 bits per heavy atom. The van der Waals surface area contributed by atoms with Crippen molar-refractivity contribution in [2.75, 3.05) is 0 Å². The number of rotatable bonds is 7. The third-order valence-corrected chi connectivity index (χ3v) is 15.8. The van der Waals surface area contributed by atoms with E-state index in [9.17, 15) is 35.7 Å². The fourth-order valence-corrected chi connectivity index (χ4v) is 12.6. The van der Waals surface area contributed by atoms with Crippen LogP contribution in [-0.4, -0.2) is 127 Å². The fourth-order valence-electron chi connectivity index (χ4n) is 12.6. The van der Waals surface area contributed by atoms with Crippen molar-refractivity contribution in [2.24, 2.45) is 28.6 Å². The molecule has 4 aliphatic carbocycles. The molecule has 0 radical (unpaired) electrons. The molecule has 14 nitrogen and oxygen atoms in total. The van der Waals surface area contributed by atoms with E-state index in [2.05, 4.69) is 6.92 Å². The molecule has 8 rings (SSSR count). The van der Waals surface area contributed by atoms with Crippen molar-refractivity contribution in [1.29, 1.82) is 0 Å². The van der Waals surface area contributed by atoms with Gasteiger partial charge in [0, 0.05) is 30.7 Å². The van der Waals surface area contributed by atoms with Crippen LogP contribution in [0.2, 0.25) is 0 Å². The first-order valence-corrected chi connectivity index (χ1v) is 20.8. The Labute approximate surface area is 323 Å². The summed E-state index contributed by atoms with van der Waals surface area (Å²) in [5.41, 5.74) is -0.955. The minimum atomic E-state index is -1.01. The van der Waals surface area contributed by atoms with Crippen LogP contribution in [0.1, 0.15) is 117 Å². The van der Waals surface area contributed by atoms with Crippen LogP contribution in [0.25, 0.3) is 0 Å². The molecule has 7 fully saturated rings. The van der Waals surface area contributed by atoms with E-state index in [1.807, 2.05) is 13.8 Å². The van der Waals surface area contributed by atoms with Gasteiger partial charge in [-0.15, -0.1) is 0 Å². The van der Waals surface area contributed by atoms with E-state index >= 15 is 0 Å². The number of hydrogen-bond donors (Lipinski definition) is 7. The first kappa shape index (κ1) is 40.4. The zero-order valence-electron chi connectivity index (χ0n) is 32.8. The van der Waals surface area contributed by atoms with Crippen molar-refractivity contribution >= 4 is 0 Å². The summed E-state index contributed by atoms with van der Waals surface area (Å²) >= 11 is 0. The van der Waals surface area contributed by atoms with E-state index in [0.29, 0.717) is 18.8 Å². The van der Waals surface area contributed by atoms with Gasteiger partial charge in [-0.25, -0.2) is 0 Å². The van der Waals surface area contributed by atoms with Crippen molar-refractivity contribution in [3.8, 4) is 5.95 Å². The molecule has 0 amide bonds. The van der Waals surface area contributed by atoms with Crippen LogP contribution < -0.4 is 0 Å². The largest absolute Gasteiger partial charge is 0.481 e. The van der Waals surface area contributed by atoms with E-state index < -0.39 is 90.9 Å². The van der Waals surface area contributed by atoms with Crippen molar-refractivity contribution in [2.45, 2.75) is 203 Å². The van der Waals surface area contributed by atoms with Gasteiger partial charge in [0.05, 0.1) is 60.7 Å². The van der Waals surface area contributed by atoms with Crippen LogP contribution in [0.3, 0.4) is 0 Å². The van der Waals surface area contributed by atoms with Crippen molar-refractivity contribution < 1.29 is 68.6 Å². The van der Waals surface area contributed by atoms with E-state index in [1.165, 1.54) is 0 Å². The van der Waals surface area contributed by atoms with Gasteiger partial charge in [-0.3, -0.25) is 0 Å². The molecule has 1 aromatic heterocycles. The summed E-state index contributed by atoms with van der Waals surface area (Å²) in [4.78, 5) is 0. The van der Waals surface area contributed by atoms with Crippen LogP contribution in [0, 0.1) is 28.6 Å². The predicted octanol–water partition coefficient (Wildman–Crippen LogP) is 3.20. The minimum Gasteiger partial charge on any atom is -0.481 e. The van der Waals surface area contributed by atoms with Gasteiger partial charge in [-0.2, -0.15) is 0 Å². The topological polar surface area (TPSA) is 210 Å². The maximum atomic E-state index is 12.6. The number of aliphatic hydroxyl groups excluding tert-OH is 5. The number of furan rings is 1. The minimum absolute atomic E-state index is 0.0434. The molecule has 7 aliphatic rings. The number of hydrogen-bond acceptors (Lipinski definition) is 14. The SMILES string of the molecule is C[C@H]1O[C@@H](O[C@H]2[C@@H](O)C[C@H](O[C@H]3[C@@H](O)C[C@H](O[C@H]4CC[C@@]5(C)[C@H](CC[C@@H]6[C@@H]5C[C@@H](O)[C@]5(C)[C@@H](c7coc(O)c7)CC[C@]65O)C4)O[C@@H]3C)O[C@@H]2C)C[C@H](O)[C@@H]1O. The normalized spacial score (nSPS) is 54.3. The molecule has 1 aromatic rings. The van der Waals surface area contributed by atoms with Gasteiger partial charge >= 0.3 is 0 Å². The zero-order chi connectivity index (χ0) is 39.2. The summed E-state index contributed by atoms with van der Waals surface area (Å²) < 4.78 is 42.1. The van der Waals surface area contributed by atoms with E-state index in [-0.39, 0.29) is 54.5 Å². The summed E-state index contributed by atoms with van der Waals surface area (Å²) in [6.45, 7) is 9.65. The number of ether oxygens (including phenoxy) is 6. The van der Waals surface area contributed by atoms with E-state index in [1.54, 1.807) is 26.2 Å². The molecule has 4 heterocycles.